The summed E-state index contributed by atoms with van der Waals surface area (Å²) in [7, 11) is 1.73. The number of fused-ring (bicyclic) bond motifs is 1. The Labute approximate surface area is 164 Å². The van der Waals surface area contributed by atoms with Gasteiger partial charge in [0.15, 0.2) is 0 Å². The Hall–Kier alpha value is -2.63. The third-order valence-electron chi connectivity index (χ3n) is 6.18. The highest BCUT2D eigenvalue weighted by molar-refractivity contribution is 5.88. The van der Waals surface area contributed by atoms with Gasteiger partial charge >= 0.3 is 5.97 Å². The third kappa shape index (κ3) is 2.91. The van der Waals surface area contributed by atoms with Crippen LogP contribution in [0.1, 0.15) is 39.0 Å². The highest BCUT2D eigenvalue weighted by Crippen LogP contribution is 2.43. The van der Waals surface area contributed by atoms with Crippen LogP contribution in [0.2, 0.25) is 0 Å². The van der Waals surface area contributed by atoms with E-state index in [0.717, 1.165) is 25.1 Å². The number of hydrogen-bond acceptors (Lipinski definition) is 3. The zero-order valence-electron chi connectivity index (χ0n) is 16.6. The molecule has 1 unspecified atom stereocenters. The number of aromatic nitrogens is 1. The highest BCUT2D eigenvalue weighted by atomic mass is 16.5. The van der Waals surface area contributed by atoms with Crippen LogP contribution >= 0.6 is 0 Å². The quantitative estimate of drug-likeness (QED) is 0.674. The number of methoxy groups -OCH3 is 1. The predicted molar refractivity (Wildman–Crippen MR) is 110 cm³/mol. The van der Waals surface area contributed by atoms with Gasteiger partial charge in [0.05, 0.1) is 17.7 Å². The number of aromatic amines is 1. The summed E-state index contributed by atoms with van der Waals surface area (Å²) in [6, 6.07) is 11.6. The number of nitrogens with one attached hydrogen (secondary N) is 1. The van der Waals surface area contributed by atoms with E-state index in [4.69, 9.17) is 4.74 Å². The minimum atomic E-state index is -0.900. The fraction of sp³-hybridized carbons (Fsp3) is 0.348. The molecular formula is C23H26N2O3. The number of aryl methyl sites for hydroxylation is 2. The van der Waals surface area contributed by atoms with E-state index in [0.29, 0.717) is 12.2 Å². The molecule has 2 aromatic carbocycles. The zero-order valence-corrected chi connectivity index (χ0v) is 16.6. The molecule has 5 heteroatoms. The molecule has 2 heterocycles. The van der Waals surface area contributed by atoms with E-state index < -0.39 is 5.97 Å². The summed E-state index contributed by atoms with van der Waals surface area (Å²) < 4.78 is 5.61. The standard InChI is InChI=1S/C23H26N2O3/c1-15-12-16(2)21-19(8-10-24-21)20(15)13-25-11-9-23(25,14-28-3)18-6-4-17(5-7-18)22(26)27/h4-8,10,12,24H,9,11,13-14H2,1-3H3,(H,26,27). The molecule has 3 aromatic rings. The molecule has 0 saturated carbocycles. The molecule has 1 saturated heterocycles. The topological polar surface area (TPSA) is 65.6 Å². The highest BCUT2D eigenvalue weighted by Gasteiger charge is 2.46. The molecule has 0 radical (unpaired) electrons. The van der Waals surface area contributed by atoms with Gasteiger partial charge in [-0.05, 0) is 60.7 Å². The number of carboxylic acids is 1. The number of carboxylic acid groups (broad SMARTS) is 1. The predicted octanol–water partition coefficient (Wildman–Crippen LogP) is 4.23. The van der Waals surface area contributed by atoms with Crippen molar-refractivity contribution in [3.63, 3.8) is 0 Å². The number of hydrogen-bond donors (Lipinski definition) is 2. The van der Waals surface area contributed by atoms with Crippen molar-refractivity contribution in [1.82, 2.24) is 9.88 Å². The van der Waals surface area contributed by atoms with Crippen LogP contribution in [-0.4, -0.2) is 41.2 Å². The van der Waals surface area contributed by atoms with E-state index >= 15 is 0 Å². The average Bonchev–Trinajstić information content (AvgIpc) is 3.15. The first kappa shape index (κ1) is 18.7. The van der Waals surface area contributed by atoms with Gasteiger partial charge in [0.1, 0.15) is 0 Å². The van der Waals surface area contributed by atoms with Gasteiger partial charge in [-0.3, -0.25) is 4.90 Å². The summed E-state index contributed by atoms with van der Waals surface area (Å²) in [5.74, 6) is -0.900. The number of nitrogens with zero attached hydrogens (tertiary/aromatic N) is 1. The fourth-order valence-electron chi connectivity index (χ4n) is 4.55. The van der Waals surface area contributed by atoms with Crippen molar-refractivity contribution in [3.8, 4) is 0 Å². The molecule has 0 spiro atoms. The maximum Gasteiger partial charge on any atom is 0.335 e. The lowest BCUT2D eigenvalue weighted by molar-refractivity contribution is -0.0763. The smallest absolute Gasteiger partial charge is 0.335 e. The first-order valence-corrected chi connectivity index (χ1v) is 9.60. The Morgan fingerprint density at radius 2 is 1.96 bits per heavy atom. The minimum Gasteiger partial charge on any atom is -0.478 e. The van der Waals surface area contributed by atoms with Crippen molar-refractivity contribution < 1.29 is 14.6 Å². The number of carbonyl (C=O) groups is 1. The van der Waals surface area contributed by atoms with Gasteiger partial charge in [0.25, 0.3) is 0 Å². The van der Waals surface area contributed by atoms with Crippen LogP contribution in [0, 0.1) is 13.8 Å². The lowest BCUT2D eigenvalue weighted by atomic mass is 9.78. The molecule has 0 aliphatic carbocycles. The molecule has 1 aliphatic heterocycles. The van der Waals surface area contributed by atoms with E-state index in [2.05, 4.69) is 35.9 Å². The number of benzene rings is 2. The van der Waals surface area contributed by atoms with Crippen molar-refractivity contribution in [2.24, 2.45) is 0 Å². The molecule has 0 bridgehead atoms. The summed E-state index contributed by atoms with van der Waals surface area (Å²) >= 11 is 0. The molecular weight excluding hydrogens is 352 g/mol. The molecule has 4 rings (SSSR count). The number of rotatable bonds is 6. The van der Waals surface area contributed by atoms with Crippen molar-refractivity contribution >= 4 is 16.9 Å². The number of H-pyrrole nitrogens is 1. The first-order valence-electron chi connectivity index (χ1n) is 9.60. The maximum atomic E-state index is 11.2. The molecule has 28 heavy (non-hydrogen) atoms. The van der Waals surface area contributed by atoms with E-state index in [1.165, 1.54) is 27.6 Å². The van der Waals surface area contributed by atoms with Crippen LogP contribution in [-0.2, 0) is 16.8 Å². The SMILES string of the molecule is COCC1(c2ccc(C(=O)O)cc2)CCN1Cc1c(C)cc(C)c2[nH]ccc12. The third-order valence-corrected chi connectivity index (χ3v) is 6.18. The Bertz CT molecular complexity index is 1020. The number of likely N-dealkylation sites (tertiary alicyclic amines) is 1. The normalized spacial score (nSPS) is 19.7. The summed E-state index contributed by atoms with van der Waals surface area (Å²) in [4.78, 5) is 17.0. The van der Waals surface area contributed by atoms with Crippen molar-refractivity contribution in [3.05, 3.63) is 70.4 Å². The second-order valence-corrected chi connectivity index (χ2v) is 7.77. The van der Waals surface area contributed by atoms with Crippen molar-refractivity contribution in [2.75, 3.05) is 20.3 Å². The van der Waals surface area contributed by atoms with Crippen LogP contribution in [0.15, 0.2) is 42.6 Å². The number of aromatic carboxylic acids is 1. The van der Waals surface area contributed by atoms with E-state index in [1.54, 1.807) is 19.2 Å². The molecule has 1 atom stereocenters. The van der Waals surface area contributed by atoms with Gasteiger partial charge in [-0.25, -0.2) is 4.79 Å². The zero-order chi connectivity index (χ0) is 19.9. The fourth-order valence-corrected chi connectivity index (χ4v) is 4.55. The molecule has 146 valence electrons. The molecule has 0 amide bonds. The maximum absolute atomic E-state index is 11.2. The Morgan fingerprint density at radius 1 is 1.21 bits per heavy atom. The molecule has 1 aliphatic rings. The largest absolute Gasteiger partial charge is 0.478 e. The Morgan fingerprint density at radius 3 is 2.57 bits per heavy atom. The van der Waals surface area contributed by atoms with Gasteiger partial charge < -0.3 is 14.8 Å². The number of ether oxygens (including phenoxy) is 1. The van der Waals surface area contributed by atoms with Gasteiger partial charge in [-0.2, -0.15) is 0 Å². The van der Waals surface area contributed by atoms with Gasteiger partial charge in [0, 0.05) is 37.3 Å². The van der Waals surface area contributed by atoms with E-state index in [1.807, 2.05) is 18.3 Å². The van der Waals surface area contributed by atoms with Crippen molar-refractivity contribution in [2.45, 2.75) is 32.4 Å². The van der Waals surface area contributed by atoms with Crippen LogP contribution in [0.4, 0.5) is 0 Å². The minimum absolute atomic E-state index is 0.217. The van der Waals surface area contributed by atoms with Crippen molar-refractivity contribution in [1.29, 1.82) is 0 Å². The molecule has 1 aromatic heterocycles. The van der Waals surface area contributed by atoms with Crippen LogP contribution < -0.4 is 0 Å². The second-order valence-electron chi connectivity index (χ2n) is 7.77. The second kappa shape index (κ2) is 7.08. The molecule has 2 N–H and O–H groups in total. The first-order chi connectivity index (χ1) is 13.5. The summed E-state index contributed by atoms with van der Waals surface area (Å²) in [5, 5.41) is 10.5. The van der Waals surface area contributed by atoms with Gasteiger partial charge in [-0.1, -0.05) is 18.2 Å². The van der Waals surface area contributed by atoms with E-state index in [-0.39, 0.29) is 5.54 Å². The summed E-state index contributed by atoms with van der Waals surface area (Å²) in [6.07, 6.45) is 3.00. The van der Waals surface area contributed by atoms with Crippen LogP contribution in [0.5, 0.6) is 0 Å². The van der Waals surface area contributed by atoms with Crippen LogP contribution in [0.25, 0.3) is 10.9 Å². The summed E-state index contributed by atoms with van der Waals surface area (Å²) in [5.41, 5.74) is 6.30. The average molecular weight is 378 g/mol. The molecule has 5 nitrogen and oxygen atoms in total. The summed E-state index contributed by atoms with van der Waals surface area (Å²) in [6.45, 7) is 6.72. The monoisotopic (exact) mass is 378 g/mol. The van der Waals surface area contributed by atoms with Gasteiger partial charge in [0.2, 0.25) is 0 Å². The molecule has 1 fully saturated rings. The Balaban J connectivity index is 1.70. The van der Waals surface area contributed by atoms with E-state index in [9.17, 15) is 9.90 Å². The van der Waals surface area contributed by atoms with Crippen LogP contribution in [0.3, 0.4) is 0 Å². The Kier molecular flexibility index (Phi) is 4.73. The lowest BCUT2D eigenvalue weighted by Gasteiger charge is -2.53. The lowest BCUT2D eigenvalue weighted by Crippen LogP contribution is -2.59. The van der Waals surface area contributed by atoms with Gasteiger partial charge in [-0.15, -0.1) is 0 Å².